The summed E-state index contributed by atoms with van der Waals surface area (Å²) in [5, 5.41) is 16.3. The zero-order chi connectivity index (χ0) is 17.2. The van der Waals surface area contributed by atoms with Gasteiger partial charge in [-0.05, 0) is 18.2 Å². The van der Waals surface area contributed by atoms with Crippen molar-refractivity contribution in [2.24, 2.45) is 7.05 Å². The van der Waals surface area contributed by atoms with Gasteiger partial charge in [-0.1, -0.05) is 29.0 Å². The van der Waals surface area contributed by atoms with E-state index < -0.39 is 0 Å². The first-order valence-corrected chi connectivity index (χ1v) is 8.48. The minimum absolute atomic E-state index is 0.413. The van der Waals surface area contributed by atoms with Gasteiger partial charge in [0.25, 0.3) is 0 Å². The van der Waals surface area contributed by atoms with Crippen LogP contribution in [0.15, 0.2) is 42.2 Å². The van der Waals surface area contributed by atoms with Crippen molar-refractivity contribution in [3.8, 4) is 22.1 Å². The molecule has 0 bridgehead atoms. The summed E-state index contributed by atoms with van der Waals surface area (Å²) in [5.41, 5.74) is 4.47. The molecule has 0 saturated carbocycles. The van der Waals surface area contributed by atoms with E-state index in [1.807, 2.05) is 18.2 Å². The summed E-state index contributed by atoms with van der Waals surface area (Å²) < 4.78 is 1.56. The van der Waals surface area contributed by atoms with Crippen LogP contribution in [0.3, 0.4) is 0 Å². The molecule has 8 nitrogen and oxygen atoms in total. The molecule has 4 heterocycles. The lowest BCUT2D eigenvalue weighted by molar-refractivity contribution is 0.769. The van der Waals surface area contributed by atoms with Crippen LogP contribution in [0.5, 0.6) is 0 Å². The number of hydrogen-bond acceptors (Lipinski definition) is 8. The third-order valence-corrected chi connectivity index (χ3v) is 4.52. The van der Waals surface area contributed by atoms with Crippen molar-refractivity contribution in [1.29, 1.82) is 0 Å². The second-order valence-electron chi connectivity index (χ2n) is 5.02. The topological polar surface area (TPSA) is 94.3 Å². The minimum Gasteiger partial charge on any atom is -0.320 e. The zero-order valence-electron chi connectivity index (χ0n) is 13.0. The van der Waals surface area contributed by atoms with Crippen molar-refractivity contribution in [2.45, 2.75) is 0 Å². The highest BCUT2D eigenvalue weighted by atomic mass is 35.5. The van der Waals surface area contributed by atoms with Gasteiger partial charge in [0.1, 0.15) is 16.4 Å². The maximum atomic E-state index is 6.15. The number of halogens is 1. The van der Waals surface area contributed by atoms with Crippen LogP contribution < -0.4 is 5.32 Å². The molecule has 0 fully saturated rings. The van der Waals surface area contributed by atoms with Gasteiger partial charge in [0.15, 0.2) is 5.01 Å². The Morgan fingerprint density at radius 3 is 2.72 bits per heavy atom. The van der Waals surface area contributed by atoms with Gasteiger partial charge in [-0.15, -0.1) is 10.2 Å². The van der Waals surface area contributed by atoms with Gasteiger partial charge in [0.2, 0.25) is 5.95 Å². The predicted molar refractivity (Wildman–Crippen MR) is 95.7 cm³/mol. The van der Waals surface area contributed by atoms with Crippen LogP contribution in [-0.2, 0) is 7.05 Å². The second-order valence-corrected chi connectivity index (χ2v) is 6.21. The van der Waals surface area contributed by atoms with Gasteiger partial charge < -0.3 is 5.32 Å². The minimum atomic E-state index is 0.413. The summed E-state index contributed by atoms with van der Waals surface area (Å²) in [6.07, 6.45) is 3.28. The van der Waals surface area contributed by atoms with Crippen LogP contribution in [0.25, 0.3) is 22.1 Å². The standard InChI is InChI=1S/C15H11ClN8S/c1-24-13(16)12(7-19-24)22-15-17-6-5-10(21-15)9-3-2-4-11(20-9)14-23-18-8-25-14/h2-8H,1H3,(H,17,21,22). The number of pyridine rings is 1. The van der Waals surface area contributed by atoms with E-state index in [2.05, 4.69) is 35.6 Å². The highest BCUT2D eigenvalue weighted by Crippen LogP contribution is 2.25. The van der Waals surface area contributed by atoms with Crippen LogP contribution in [0.4, 0.5) is 11.6 Å². The van der Waals surface area contributed by atoms with Crippen molar-refractivity contribution in [3.63, 3.8) is 0 Å². The fraction of sp³-hybridized carbons (Fsp3) is 0.0667. The molecule has 0 aliphatic carbocycles. The first-order chi connectivity index (χ1) is 12.2. The summed E-state index contributed by atoms with van der Waals surface area (Å²) in [5.74, 6) is 0.413. The monoisotopic (exact) mass is 370 g/mol. The Morgan fingerprint density at radius 1 is 1.12 bits per heavy atom. The van der Waals surface area contributed by atoms with E-state index in [0.29, 0.717) is 22.5 Å². The maximum Gasteiger partial charge on any atom is 0.227 e. The van der Waals surface area contributed by atoms with Crippen LogP contribution in [0, 0.1) is 0 Å². The molecule has 10 heteroatoms. The van der Waals surface area contributed by atoms with Crippen molar-refractivity contribution in [2.75, 3.05) is 5.32 Å². The van der Waals surface area contributed by atoms with E-state index in [0.717, 1.165) is 16.4 Å². The van der Waals surface area contributed by atoms with Gasteiger partial charge in [0.05, 0.1) is 23.3 Å². The van der Waals surface area contributed by atoms with Crippen molar-refractivity contribution >= 4 is 34.6 Å². The van der Waals surface area contributed by atoms with Crippen molar-refractivity contribution in [1.82, 2.24) is 34.9 Å². The number of rotatable bonds is 4. The van der Waals surface area contributed by atoms with Crippen LogP contribution >= 0.6 is 22.9 Å². The molecule has 0 radical (unpaired) electrons. The van der Waals surface area contributed by atoms with Crippen molar-refractivity contribution in [3.05, 3.63) is 47.3 Å². The highest BCUT2D eigenvalue weighted by molar-refractivity contribution is 7.12. The number of nitrogens with one attached hydrogen (secondary N) is 1. The Bertz CT molecular complexity index is 1010. The van der Waals surface area contributed by atoms with Crippen LogP contribution in [-0.4, -0.2) is 34.9 Å². The van der Waals surface area contributed by atoms with Gasteiger partial charge in [-0.3, -0.25) is 4.68 Å². The number of aromatic nitrogens is 7. The molecule has 0 aliphatic heterocycles. The van der Waals surface area contributed by atoms with Gasteiger partial charge in [0, 0.05) is 13.2 Å². The van der Waals surface area contributed by atoms with E-state index in [1.165, 1.54) is 11.3 Å². The average molecular weight is 371 g/mol. The van der Waals surface area contributed by atoms with E-state index >= 15 is 0 Å². The second kappa shape index (κ2) is 6.54. The number of hydrogen-bond donors (Lipinski definition) is 1. The Hall–Kier alpha value is -2.91. The molecule has 0 atom stereocenters. The lowest BCUT2D eigenvalue weighted by Crippen LogP contribution is -1.99. The van der Waals surface area contributed by atoms with Gasteiger partial charge in [-0.2, -0.15) is 5.10 Å². The Kier molecular flexibility index (Phi) is 4.08. The number of anilines is 2. The molecule has 124 valence electrons. The molecule has 0 aromatic carbocycles. The quantitative estimate of drug-likeness (QED) is 0.589. The molecular formula is C15H11ClN8S. The molecule has 4 aromatic rings. The highest BCUT2D eigenvalue weighted by Gasteiger charge is 2.10. The van der Waals surface area contributed by atoms with Gasteiger partial charge >= 0.3 is 0 Å². The molecular weight excluding hydrogens is 360 g/mol. The molecule has 1 N–H and O–H groups in total. The van der Waals surface area contributed by atoms with Gasteiger partial charge in [-0.25, -0.2) is 15.0 Å². The summed E-state index contributed by atoms with van der Waals surface area (Å²) in [4.78, 5) is 13.3. The van der Waals surface area contributed by atoms with Crippen LogP contribution in [0.2, 0.25) is 5.15 Å². The maximum absolute atomic E-state index is 6.15. The molecule has 0 amide bonds. The molecule has 25 heavy (non-hydrogen) atoms. The molecule has 0 unspecified atom stereocenters. The predicted octanol–water partition coefficient (Wildman–Crippen LogP) is 3.19. The summed E-state index contributed by atoms with van der Waals surface area (Å²) in [7, 11) is 1.76. The summed E-state index contributed by atoms with van der Waals surface area (Å²) in [6, 6.07) is 7.47. The number of nitrogens with zero attached hydrogens (tertiary/aromatic N) is 7. The third kappa shape index (κ3) is 3.19. The fourth-order valence-corrected chi connectivity index (χ4v) is 2.83. The third-order valence-electron chi connectivity index (χ3n) is 3.36. The lowest BCUT2D eigenvalue weighted by atomic mass is 10.2. The summed E-state index contributed by atoms with van der Waals surface area (Å²) in [6.45, 7) is 0. The summed E-state index contributed by atoms with van der Waals surface area (Å²) >= 11 is 7.59. The van der Waals surface area contributed by atoms with E-state index in [-0.39, 0.29) is 0 Å². The average Bonchev–Trinajstić information content (AvgIpc) is 3.29. The molecule has 4 rings (SSSR count). The smallest absolute Gasteiger partial charge is 0.227 e. The first-order valence-electron chi connectivity index (χ1n) is 7.22. The number of aryl methyl sites for hydroxylation is 1. The largest absolute Gasteiger partial charge is 0.320 e. The lowest BCUT2D eigenvalue weighted by Gasteiger charge is -2.06. The molecule has 4 aromatic heterocycles. The fourth-order valence-electron chi connectivity index (χ4n) is 2.17. The zero-order valence-corrected chi connectivity index (χ0v) is 14.5. The SMILES string of the molecule is Cn1ncc(Nc2nccc(-c3cccc(-c4nncs4)n3)n2)c1Cl. The molecule has 0 saturated heterocycles. The van der Waals surface area contributed by atoms with E-state index in [4.69, 9.17) is 11.6 Å². The normalized spacial score (nSPS) is 10.8. The molecule has 0 aliphatic rings. The van der Waals surface area contributed by atoms with E-state index in [1.54, 1.807) is 35.7 Å². The molecule has 0 spiro atoms. The Balaban J connectivity index is 1.65. The van der Waals surface area contributed by atoms with Crippen molar-refractivity contribution < 1.29 is 0 Å². The first kappa shape index (κ1) is 15.6. The Morgan fingerprint density at radius 2 is 1.96 bits per heavy atom. The Labute approximate surface area is 151 Å². The van der Waals surface area contributed by atoms with Crippen LogP contribution in [0.1, 0.15) is 0 Å². The van der Waals surface area contributed by atoms with E-state index in [9.17, 15) is 0 Å².